The largest absolute Gasteiger partial charge is 0.298 e. The van der Waals surface area contributed by atoms with Crippen LogP contribution in [0.5, 0.6) is 0 Å². The van der Waals surface area contributed by atoms with Gasteiger partial charge in [0.05, 0.1) is 13.1 Å². The third kappa shape index (κ3) is 8.64. The van der Waals surface area contributed by atoms with E-state index in [2.05, 4.69) is 23.6 Å². The van der Waals surface area contributed by atoms with Gasteiger partial charge in [0.25, 0.3) is 0 Å². The predicted octanol–water partition coefficient (Wildman–Crippen LogP) is 2.90. The molecule has 2 saturated heterocycles. The lowest BCUT2D eigenvalue weighted by atomic mass is 10.1. The predicted molar refractivity (Wildman–Crippen MR) is 91.2 cm³/mol. The number of carbonyl (C=O) groups excluding carboxylic acids is 2. The Bertz CT molecular complexity index is 299. The summed E-state index contributed by atoms with van der Waals surface area (Å²) in [4.78, 5) is 26.5. The van der Waals surface area contributed by atoms with Crippen molar-refractivity contribution in [2.75, 3.05) is 39.3 Å². The maximum Gasteiger partial charge on any atom is 0.146 e. The van der Waals surface area contributed by atoms with Gasteiger partial charge >= 0.3 is 0 Å². The highest BCUT2D eigenvalue weighted by atomic mass is 16.1. The zero-order chi connectivity index (χ0) is 16.2. The summed E-state index contributed by atoms with van der Waals surface area (Å²) in [6.45, 7) is 10.3. The number of hydrogen-bond donors (Lipinski definition) is 0. The van der Waals surface area contributed by atoms with E-state index in [0.717, 1.165) is 51.9 Å². The lowest BCUT2D eigenvalue weighted by molar-refractivity contribution is -0.122. The van der Waals surface area contributed by atoms with Gasteiger partial charge in [-0.2, -0.15) is 0 Å². The SMILES string of the molecule is CCCCN1CCCC(=O)C1.CCCCN1CCCC(=O)C1. The van der Waals surface area contributed by atoms with Crippen molar-refractivity contribution in [1.82, 2.24) is 9.80 Å². The number of piperidine rings is 2. The van der Waals surface area contributed by atoms with Gasteiger partial charge in [0.15, 0.2) is 0 Å². The monoisotopic (exact) mass is 310 g/mol. The Morgan fingerprint density at radius 3 is 1.50 bits per heavy atom. The molecule has 0 aromatic heterocycles. The van der Waals surface area contributed by atoms with E-state index in [4.69, 9.17) is 0 Å². The minimum atomic E-state index is 0.423. The van der Waals surface area contributed by atoms with Crippen LogP contribution >= 0.6 is 0 Å². The van der Waals surface area contributed by atoms with Crippen LogP contribution in [0.4, 0.5) is 0 Å². The molecule has 2 aliphatic rings. The van der Waals surface area contributed by atoms with Gasteiger partial charge < -0.3 is 0 Å². The Labute approximate surface area is 136 Å². The molecule has 128 valence electrons. The van der Waals surface area contributed by atoms with Crippen molar-refractivity contribution in [1.29, 1.82) is 0 Å². The molecule has 2 rings (SSSR count). The quantitative estimate of drug-likeness (QED) is 0.756. The van der Waals surface area contributed by atoms with Gasteiger partial charge in [-0.1, -0.05) is 26.7 Å². The number of nitrogens with zero attached hydrogens (tertiary/aromatic N) is 2. The van der Waals surface area contributed by atoms with Crippen LogP contribution in [0.1, 0.15) is 65.2 Å². The summed E-state index contributed by atoms with van der Waals surface area (Å²) in [6.07, 6.45) is 8.67. The van der Waals surface area contributed by atoms with Crippen molar-refractivity contribution < 1.29 is 9.59 Å². The molecule has 0 radical (unpaired) electrons. The summed E-state index contributed by atoms with van der Waals surface area (Å²) in [7, 11) is 0. The zero-order valence-corrected chi connectivity index (χ0v) is 14.6. The third-order valence-electron chi connectivity index (χ3n) is 4.32. The minimum Gasteiger partial charge on any atom is -0.298 e. The van der Waals surface area contributed by atoms with Gasteiger partial charge in [-0.15, -0.1) is 0 Å². The third-order valence-corrected chi connectivity index (χ3v) is 4.32. The molecule has 0 saturated carbocycles. The molecule has 2 fully saturated rings. The second-order valence-electron chi connectivity index (χ2n) is 6.54. The Kier molecular flexibility index (Phi) is 10.3. The molecule has 22 heavy (non-hydrogen) atoms. The first-order valence-corrected chi connectivity index (χ1v) is 9.13. The summed E-state index contributed by atoms with van der Waals surface area (Å²) < 4.78 is 0. The van der Waals surface area contributed by atoms with E-state index in [1.54, 1.807) is 0 Å². The van der Waals surface area contributed by atoms with Crippen LogP contribution in [0.2, 0.25) is 0 Å². The zero-order valence-electron chi connectivity index (χ0n) is 14.6. The summed E-state index contributed by atoms with van der Waals surface area (Å²) in [6, 6.07) is 0. The van der Waals surface area contributed by atoms with E-state index in [-0.39, 0.29) is 0 Å². The Morgan fingerprint density at radius 2 is 1.18 bits per heavy atom. The molecule has 2 aliphatic heterocycles. The number of Topliss-reactive ketones (excluding diaryl/α,β-unsaturated/α-hetero) is 2. The second-order valence-corrected chi connectivity index (χ2v) is 6.54. The van der Waals surface area contributed by atoms with Crippen molar-refractivity contribution >= 4 is 11.6 Å². The first-order chi connectivity index (χ1) is 10.7. The molecule has 4 nitrogen and oxygen atoms in total. The number of ketones is 2. The van der Waals surface area contributed by atoms with E-state index >= 15 is 0 Å². The maximum atomic E-state index is 11.0. The number of rotatable bonds is 6. The molecule has 0 aromatic rings. The van der Waals surface area contributed by atoms with Gasteiger partial charge in [-0.05, 0) is 51.9 Å². The molecule has 0 unspecified atom stereocenters. The van der Waals surface area contributed by atoms with Gasteiger partial charge in [-0.25, -0.2) is 0 Å². The molecule has 0 bridgehead atoms. The highest BCUT2D eigenvalue weighted by molar-refractivity contribution is 5.81. The van der Waals surface area contributed by atoms with Crippen LogP contribution in [0.15, 0.2) is 0 Å². The maximum absolute atomic E-state index is 11.0. The van der Waals surface area contributed by atoms with Gasteiger partial charge in [0, 0.05) is 12.8 Å². The first-order valence-electron chi connectivity index (χ1n) is 9.13. The molecule has 4 heteroatoms. The fraction of sp³-hybridized carbons (Fsp3) is 0.889. The second kappa shape index (κ2) is 11.8. The Hall–Kier alpha value is -0.740. The van der Waals surface area contributed by atoms with Crippen molar-refractivity contribution in [3.63, 3.8) is 0 Å². The van der Waals surface area contributed by atoms with E-state index in [0.29, 0.717) is 24.7 Å². The lowest BCUT2D eigenvalue weighted by Gasteiger charge is -2.24. The molecule has 0 atom stereocenters. The summed E-state index contributed by atoms with van der Waals surface area (Å²) >= 11 is 0. The molecule has 0 spiro atoms. The Balaban J connectivity index is 0.000000220. The van der Waals surface area contributed by atoms with Gasteiger partial charge in [-0.3, -0.25) is 19.4 Å². The summed E-state index contributed by atoms with van der Waals surface area (Å²) in [5.41, 5.74) is 0. The lowest BCUT2D eigenvalue weighted by Crippen LogP contribution is -2.36. The van der Waals surface area contributed by atoms with Crippen LogP contribution in [-0.2, 0) is 9.59 Å². The van der Waals surface area contributed by atoms with Crippen LogP contribution in [0.25, 0.3) is 0 Å². The van der Waals surface area contributed by atoms with E-state index < -0.39 is 0 Å². The number of likely N-dealkylation sites (tertiary alicyclic amines) is 2. The minimum absolute atomic E-state index is 0.423. The van der Waals surface area contributed by atoms with Gasteiger partial charge in [0.1, 0.15) is 11.6 Å². The highest BCUT2D eigenvalue weighted by Gasteiger charge is 2.15. The number of hydrogen-bond acceptors (Lipinski definition) is 4. The van der Waals surface area contributed by atoms with Crippen LogP contribution in [-0.4, -0.2) is 60.6 Å². The van der Waals surface area contributed by atoms with Crippen molar-refractivity contribution in [2.45, 2.75) is 65.2 Å². The average molecular weight is 310 g/mol. The standard InChI is InChI=1S/2C9H17NO/c2*1-2-3-6-10-7-4-5-9(11)8-10/h2*2-8H2,1H3. The smallest absolute Gasteiger partial charge is 0.146 e. The molecule has 0 amide bonds. The average Bonchev–Trinajstić information content (AvgIpc) is 2.52. The number of unbranched alkanes of at least 4 members (excludes halogenated alkanes) is 2. The van der Waals surface area contributed by atoms with Crippen LogP contribution in [0.3, 0.4) is 0 Å². The molecule has 0 aromatic carbocycles. The van der Waals surface area contributed by atoms with Crippen molar-refractivity contribution in [2.24, 2.45) is 0 Å². The molecular weight excluding hydrogens is 276 g/mol. The number of carbonyl (C=O) groups is 2. The Morgan fingerprint density at radius 1 is 0.773 bits per heavy atom. The van der Waals surface area contributed by atoms with Crippen molar-refractivity contribution in [3.8, 4) is 0 Å². The highest BCUT2D eigenvalue weighted by Crippen LogP contribution is 2.07. The normalized spacial score (nSPS) is 20.6. The van der Waals surface area contributed by atoms with E-state index in [1.807, 2.05) is 0 Å². The summed E-state index contributed by atoms with van der Waals surface area (Å²) in [5.74, 6) is 0.847. The van der Waals surface area contributed by atoms with E-state index in [9.17, 15) is 9.59 Å². The summed E-state index contributed by atoms with van der Waals surface area (Å²) in [5, 5.41) is 0. The van der Waals surface area contributed by atoms with Crippen LogP contribution < -0.4 is 0 Å². The van der Waals surface area contributed by atoms with Gasteiger partial charge in [0.2, 0.25) is 0 Å². The van der Waals surface area contributed by atoms with E-state index in [1.165, 1.54) is 25.7 Å². The first kappa shape index (κ1) is 19.3. The molecule has 0 aliphatic carbocycles. The molecule has 0 N–H and O–H groups in total. The molecule has 2 heterocycles. The topological polar surface area (TPSA) is 40.6 Å². The molecular formula is C18H34N2O2. The fourth-order valence-corrected chi connectivity index (χ4v) is 2.96. The fourth-order valence-electron chi connectivity index (χ4n) is 2.96. The van der Waals surface area contributed by atoms with Crippen LogP contribution in [0, 0.1) is 0 Å². The van der Waals surface area contributed by atoms with Crippen molar-refractivity contribution in [3.05, 3.63) is 0 Å².